The highest BCUT2D eigenvalue weighted by Crippen LogP contribution is 2.04. The van der Waals surface area contributed by atoms with Crippen LogP contribution in [0.5, 0.6) is 0 Å². The average molecular weight is 228 g/mol. The summed E-state index contributed by atoms with van der Waals surface area (Å²) in [5, 5.41) is 2.95. The number of unbranched alkanes of at least 4 members (excludes halogenated alkanes) is 4. The number of carbonyl (C=O) groups is 1. The first-order valence-electron chi connectivity index (χ1n) is 6.66. The van der Waals surface area contributed by atoms with E-state index in [1.165, 1.54) is 25.7 Å². The van der Waals surface area contributed by atoms with Crippen molar-refractivity contribution >= 4 is 5.91 Å². The molecule has 1 N–H and O–H groups in total. The third kappa shape index (κ3) is 9.97. The molecule has 0 aliphatic rings. The van der Waals surface area contributed by atoms with E-state index < -0.39 is 0 Å². The lowest BCUT2D eigenvalue weighted by molar-refractivity contribution is -0.121. The lowest BCUT2D eigenvalue weighted by atomic mass is 10.1. The molecule has 0 aromatic rings. The van der Waals surface area contributed by atoms with E-state index in [4.69, 9.17) is 0 Å². The molecule has 3 heteroatoms. The van der Waals surface area contributed by atoms with Crippen molar-refractivity contribution in [3.63, 3.8) is 0 Å². The maximum Gasteiger partial charge on any atom is 0.220 e. The van der Waals surface area contributed by atoms with Crippen LogP contribution in [-0.4, -0.2) is 31.1 Å². The normalized spacial score (nSPS) is 10.8. The van der Waals surface area contributed by atoms with Crippen LogP contribution in [0.3, 0.4) is 0 Å². The topological polar surface area (TPSA) is 32.3 Å². The van der Waals surface area contributed by atoms with Crippen molar-refractivity contribution in [3.05, 3.63) is 0 Å². The van der Waals surface area contributed by atoms with E-state index in [0.717, 1.165) is 19.4 Å². The van der Waals surface area contributed by atoms with Crippen molar-refractivity contribution in [2.75, 3.05) is 20.3 Å². The molecule has 16 heavy (non-hydrogen) atoms. The molecule has 0 aliphatic carbocycles. The van der Waals surface area contributed by atoms with Crippen molar-refractivity contribution < 1.29 is 4.79 Å². The Morgan fingerprint density at radius 2 is 1.75 bits per heavy atom. The highest BCUT2D eigenvalue weighted by molar-refractivity contribution is 5.75. The fourth-order valence-electron chi connectivity index (χ4n) is 1.66. The van der Waals surface area contributed by atoms with Gasteiger partial charge in [-0.1, -0.05) is 39.5 Å². The van der Waals surface area contributed by atoms with Crippen molar-refractivity contribution in [2.45, 2.75) is 58.8 Å². The first kappa shape index (κ1) is 15.4. The molecule has 0 radical (unpaired) electrons. The number of carbonyl (C=O) groups excluding carboxylic acids is 1. The maximum absolute atomic E-state index is 11.4. The van der Waals surface area contributed by atoms with Gasteiger partial charge < -0.3 is 5.32 Å². The zero-order valence-electron chi connectivity index (χ0n) is 11.2. The molecule has 3 nitrogen and oxygen atoms in total. The van der Waals surface area contributed by atoms with E-state index in [9.17, 15) is 4.79 Å². The van der Waals surface area contributed by atoms with Crippen LogP contribution in [0.25, 0.3) is 0 Å². The Morgan fingerprint density at radius 1 is 1.06 bits per heavy atom. The van der Waals surface area contributed by atoms with Gasteiger partial charge in [0.2, 0.25) is 5.91 Å². The predicted molar refractivity (Wildman–Crippen MR) is 69.3 cm³/mol. The summed E-state index contributed by atoms with van der Waals surface area (Å²) in [5.41, 5.74) is 0. The van der Waals surface area contributed by atoms with Gasteiger partial charge in [-0.3, -0.25) is 9.69 Å². The summed E-state index contributed by atoms with van der Waals surface area (Å²) < 4.78 is 0. The Labute approximate surface area is 101 Å². The largest absolute Gasteiger partial charge is 0.343 e. The van der Waals surface area contributed by atoms with E-state index in [-0.39, 0.29) is 5.91 Å². The molecule has 0 aliphatic heterocycles. The molecule has 0 saturated heterocycles. The third-order valence-corrected chi connectivity index (χ3v) is 2.66. The van der Waals surface area contributed by atoms with Crippen LogP contribution in [0, 0.1) is 0 Å². The fraction of sp³-hybridized carbons (Fsp3) is 0.923. The molecule has 0 heterocycles. The highest BCUT2D eigenvalue weighted by atomic mass is 16.1. The maximum atomic E-state index is 11.4. The number of nitrogens with one attached hydrogen (secondary N) is 1. The van der Waals surface area contributed by atoms with Crippen LogP contribution in [-0.2, 0) is 4.79 Å². The van der Waals surface area contributed by atoms with Crippen molar-refractivity contribution in [2.24, 2.45) is 0 Å². The van der Waals surface area contributed by atoms with Gasteiger partial charge in [0.05, 0.1) is 6.67 Å². The Hall–Kier alpha value is -0.570. The molecule has 0 saturated carbocycles. The highest BCUT2D eigenvalue weighted by Gasteiger charge is 2.02. The summed E-state index contributed by atoms with van der Waals surface area (Å²) in [6.45, 7) is 6.07. The quantitative estimate of drug-likeness (QED) is 0.460. The van der Waals surface area contributed by atoms with Crippen LogP contribution in [0.15, 0.2) is 0 Å². The summed E-state index contributed by atoms with van der Waals surface area (Å²) in [6.07, 6.45) is 7.84. The smallest absolute Gasteiger partial charge is 0.220 e. The minimum Gasteiger partial charge on any atom is -0.343 e. The Kier molecular flexibility index (Phi) is 10.5. The molecule has 1 amide bonds. The lowest BCUT2D eigenvalue weighted by Crippen LogP contribution is -2.35. The van der Waals surface area contributed by atoms with E-state index in [0.29, 0.717) is 13.1 Å². The number of hydrogen-bond donors (Lipinski definition) is 1. The van der Waals surface area contributed by atoms with Gasteiger partial charge >= 0.3 is 0 Å². The van der Waals surface area contributed by atoms with Gasteiger partial charge in [-0.05, 0) is 26.4 Å². The molecule has 96 valence electrons. The molecule has 0 spiro atoms. The van der Waals surface area contributed by atoms with Crippen LogP contribution in [0.4, 0.5) is 0 Å². The second-order valence-electron chi connectivity index (χ2n) is 4.50. The molecule has 0 bridgehead atoms. The van der Waals surface area contributed by atoms with Gasteiger partial charge in [0.15, 0.2) is 0 Å². The molecule has 0 aromatic heterocycles. The number of rotatable bonds is 10. The van der Waals surface area contributed by atoms with Crippen molar-refractivity contribution in [3.8, 4) is 0 Å². The summed E-state index contributed by atoms with van der Waals surface area (Å²) in [5.74, 6) is 0.194. The van der Waals surface area contributed by atoms with Crippen LogP contribution in [0.2, 0.25) is 0 Å². The standard InChI is InChI=1S/C13H28N2O/c1-4-6-7-8-9-10-13(16)14-12-15(3)11-5-2/h4-12H2,1-3H3,(H,14,16). The summed E-state index contributed by atoms with van der Waals surface area (Å²) in [7, 11) is 2.03. The average Bonchev–Trinajstić information content (AvgIpc) is 2.26. The Morgan fingerprint density at radius 3 is 2.38 bits per heavy atom. The van der Waals surface area contributed by atoms with E-state index in [1.54, 1.807) is 0 Å². The van der Waals surface area contributed by atoms with Gasteiger partial charge in [-0.2, -0.15) is 0 Å². The second-order valence-corrected chi connectivity index (χ2v) is 4.50. The van der Waals surface area contributed by atoms with E-state index in [2.05, 4.69) is 24.1 Å². The lowest BCUT2D eigenvalue weighted by Gasteiger charge is -2.16. The zero-order chi connectivity index (χ0) is 12.2. The van der Waals surface area contributed by atoms with Gasteiger partial charge in [-0.15, -0.1) is 0 Å². The van der Waals surface area contributed by atoms with Gasteiger partial charge in [-0.25, -0.2) is 0 Å². The summed E-state index contributed by atoms with van der Waals surface area (Å²) in [6, 6.07) is 0. The molecule has 0 aromatic carbocycles. The fourth-order valence-corrected chi connectivity index (χ4v) is 1.66. The minimum atomic E-state index is 0.194. The first-order chi connectivity index (χ1) is 7.70. The molecular weight excluding hydrogens is 200 g/mol. The van der Waals surface area contributed by atoms with E-state index >= 15 is 0 Å². The van der Waals surface area contributed by atoms with Crippen LogP contribution in [0.1, 0.15) is 58.8 Å². The van der Waals surface area contributed by atoms with Crippen LogP contribution < -0.4 is 5.32 Å². The summed E-state index contributed by atoms with van der Waals surface area (Å²) >= 11 is 0. The van der Waals surface area contributed by atoms with E-state index in [1.807, 2.05) is 7.05 Å². The number of hydrogen-bond acceptors (Lipinski definition) is 2. The van der Waals surface area contributed by atoms with Gasteiger partial charge in [0.25, 0.3) is 0 Å². The van der Waals surface area contributed by atoms with Crippen molar-refractivity contribution in [1.29, 1.82) is 0 Å². The summed E-state index contributed by atoms with van der Waals surface area (Å²) in [4.78, 5) is 13.6. The van der Waals surface area contributed by atoms with Gasteiger partial charge in [0.1, 0.15) is 0 Å². The number of amides is 1. The number of nitrogens with zero attached hydrogens (tertiary/aromatic N) is 1. The monoisotopic (exact) mass is 228 g/mol. The van der Waals surface area contributed by atoms with Gasteiger partial charge in [0, 0.05) is 6.42 Å². The SMILES string of the molecule is CCCCCCCC(=O)NCN(C)CCC. The molecule has 0 rings (SSSR count). The molecule has 0 atom stereocenters. The zero-order valence-corrected chi connectivity index (χ0v) is 11.2. The molecular formula is C13H28N2O. The third-order valence-electron chi connectivity index (χ3n) is 2.66. The Balaban J connectivity index is 3.30. The predicted octanol–water partition coefficient (Wildman–Crippen LogP) is 2.76. The van der Waals surface area contributed by atoms with Crippen LogP contribution >= 0.6 is 0 Å². The minimum absolute atomic E-state index is 0.194. The van der Waals surface area contributed by atoms with Crippen molar-refractivity contribution in [1.82, 2.24) is 10.2 Å². The molecule has 0 unspecified atom stereocenters. The second kappa shape index (κ2) is 10.9. The molecule has 0 fully saturated rings. The first-order valence-corrected chi connectivity index (χ1v) is 6.66. The Bertz CT molecular complexity index is 171.